The summed E-state index contributed by atoms with van der Waals surface area (Å²) in [5, 5.41) is 0. The minimum atomic E-state index is 0. The van der Waals surface area contributed by atoms with E-state index >= 15 is 0 Å². The van der Waals surface area contributed by atoms with Gasteiger partial charge in [0.1, 0.15) is 0 Å². The topological polar surface area (TPSA) is 6.48 Å². The summed E-state index contributed by atoms with van der Waals surface area (Å²) in [6.45, 7) is 7.52. The van der Waals surface area contributed by atoms with Gasteiger partial charge in [-0.3, -0.25) is 9.80 Å². The Bertz CT molecular complexity index is 164. The van der Waals surface area contributed by atoms with Crippen molar-refractivity contribution in [3.8, 4) is 0 Å². The van der Waals surface area contributed by atoms with Gasteiger partial charge in [-0.15, -0.1) is 35.7 Å². The Morgan fingerprint density at radius 2 is 1.81 bits per heavy atom. The summed E-state index contributed by atoms with van der Waals surface area (Å²) in [6, 6.07) is 0. The lowest BCUT2D eigenvalue weighted by Gasteiger charge is -2.11. The first-order valence-corrected chi connectivity index (χ1v) is 16.6. The lowest BCUT2D eigenvalue weighted by molar-refractivity contribution is -0.00000265. The summed E-state index contributed by atoms with van der Waals surface area (Å²) in [7, 11) is 14.6. The second kappa shape index (κ2) is 13.4. The smallest absolute Gasteiger partial charge is 0.0504 e. The molecule has 0 aromatic heterocycles. The van der Waals surface area contributed by atoms with Gasteiger partial charge < -0.3 is 17.0 Å². The third-order valence-corrected chi connectivity index (χ3v) is 32.6. The van der Waals surface area contributed by atoms with Crippen LogP contribution in [-0.2, 0) is 0 Å². The SMILES string of the molecule is CCN1CCN(C)C1.PPP(P)P(P)P.[Br-]. The summed E-state index contributed by atoms with van der Waals surface area (Å²) in [4.78, 5) is 4.77. The largest absolute Gasteiger partial charge is 1.00 e. The van der Waals surface area contributed by atoms with Crippen LogP contribution in [0.4, 0.5) is 0 Å². The molecule has 0 bridgehead atoms. The molecule has 1 aliphatic heterocycles. The Kier molecular flexibility index (Phi) is 18.2. The standard InChI is InChI=1S/C6H14N2.BrH.H9P7/c1-3-8-5-4-7(2)6-8;;1-5-7(4)6(2)3/h3-6H2,1-2H3;1H;5H,1-4H2/p-1. The molecular formula is C6H23BrN2P7-. The van der Waals surface area contributed by atoms with E-state index in [9.17, 15) is 0 Å². The van der Waals surface area contributed by atoms with E-state index in [1.54, 1.807) is 0 Å². The van der Waals surface area contributed by atoms with E-state index in [0.29, 0.717) is 0 Å². The average molecular weight is 420 g/mol. The molecule has 1 fully saturated rings. The molecule has 1 saturated heterocycles. The van der Waals surface area contributed by atoms with Gasteiger partial charge in [-0.05, 0) is 27.6 Å². The molecule has 0 aromatic carbocycles. The zero-order valence-electron chi connectivity index (χ0n) is 9.80. The van der Waals surface area contributed by atoms with Crippen LogP contribution >= 0.6 is 57.6 Å². The molecule has 0 spiro atoms. The summed E-state index contributed by atoms with van der Waals surface area (Å²) in [5.41, 5.74) is 0. The lowest BCUT2D eigenvalue weighted by Crippen LogP contribution is -3.00. The van der Waals surface area contributed by atoms with Crippen molar-refractivity contribution in [3.63, 3.8) is 0 Å². The fraction of sp³-hybridized carbons (Fsp3) is 1.00. The van der Waals surface area contributed by atoms with Crippen LogP contribution in [0.25, 0.3) is 0 Å². The van der Waals surface area contributed by atoms with Gasteiger partial charge in [-0.1, -0.05) is 14.9 Å². The zero-order valence-corrected chi connectivity index (χ0v) is 18.8. The molecule has 0 aromatic rings. The normalized spacial score (nSPS) is 19.7. The first-order valence-electron chi connectivity index (χ1n) is 4.72. The van der Waals surface area contributed by atoms with Crippen molar-refractivity contribution < 1.29 is 17.0 Å². The predicted octanol–water partition coefficient (Wildman–Crippen LogP) is 0.834. The summed E-state index contributed by atoms with van der Waals surface area (Å²) < 4.78 is 0. The van der Waals surface area contributed by atoms with E-state index in [1.165, 1.54) is 19.6 Å². The third-order valence-electron chi connectivity index (χ3n) is 2.07. The van der Waals surface area contributed by atoms with Gasteiger partial charge in [-0.25, -0.2) is 0 Å². The molecule has 6 atom stereocenters. The molecule has 0 saturated carbocycles. The average Bonchev–Trinajstić information content (AvgIpc) is 2.63. The van der Waals surface area contributed by atoms with Crippen LogP contribution in [-0.4, -0.2) is 43.2 Å². The lowest BCUT2D eigenvalue weighted by atomic mass is 10.6. The van der Waals surface area contributed by atoms with E-state index in [1.807, 2.05) is 0 Å². The molecule has 6 unspecified atom stereocenters. The molecule has 0 N–H and O–H groups in total. The summed E-state index contributed by atoms with van der Waals surface area (Å²) in [6.07, 6.45) is 0. The summed E-state index contributed by atoms with van der Waals surface area (Å²) >= 11 is 0. The van der Waals surface area contributed by atoms with E-state index in [0.717, 1.165) is 14.6 Å². The summed E-state index contributed by atoms with van der Waals surface area (Å²) in [5.74, 6) is 0. The van der Waals surface area contributed by atoms with Crippen molar-refractivity contribution in [3.05, 3.63) is 0 Å². The van der Waals surface area contributed by atoms with Crippen LogP contribution in [0.3, 0.4) is 0 Å². The molecule has 16 heavy (non-hydrogen) atoms. The van der Waals surface area contributed by atoms with Gasteiger partial charge in [0, 0.05) is 13.1 Å². The van der Waals surface area contributed by atoms with Crippen LogP contribution in [0.15, 0.2) is 0 Å². The molecule has 1 heterocycles. The Balaban J connectivity index is 0. The minimum Gasteiger partial charge on any atom is -1.00 e. The highest BCUT2D eigenvalue weighted by atomic mass is 79.9. The maximum Gasteiger partial charge on any atom is 0.0504 e. The van der Waals surface area contributed by atoms with Crippen molar-refractivity contribution in [2.24, 2.45) is 0 Å². The van der Waals surface area contributed by atoms with Crippen molar-refractivity contribution in [1.29, 1.82) is 0 Å². The fourth-order valence-corrected chi connectivity index (χ4v) is 17.3. The van der Waals surface area contributed by atoms with Crippen LogP contribution in [0, 0.1) is 0 Å². The highest BCUT2D eigenvalue weighted by Gasteiger charge is 2.12. The molecule has 0 radical (unpaired) electrons. The number of hydrogen-bond acceptors (Lipinski definition) is 2. The molecule has 10 heteroatoms. The Hall–Kier alpha value is 3.41. The maximum atomic E-state index is 2.89. The molecule has 2 nitrogen and oxygen atoms in total. The zero-order chi connectivity index (χ0) is 11.8. The van der Waals surface area contributed by atoms with Gasteiger partial charge in [0.2, 0.25) is 0 Å². The number of likely N-dealkylation sites (N-methyl/N-ethyl adjacent to an activating group) is 2. The predicted molar refractivity (Wildman–Crippen MR) is 95.7 cm³/mol. The van der Waals surface area contributed by atoms with Crippen molar-refractivity contribution in [2.45, 2.75) is 6.92 Å². The van der Waals surface area contributed by atoms with E-state index in [2.05, 4.69) is 59.5 Å². The Morgan fingerprint density at radius 1 is 1.25 bits per heavy atom. The van der Waals surface area contributed by atoms with Gasteiger partial charge in [0.25, 0.3) is 0 Å². The van der Waals surface area contributed by atoms with E-state index in [-0.39, 0.29) is 31.0 Å². The molecule has 0 aliphatic carbocycles. The monoisotopic (exact) mass is 419 g/mol. The quantitative estimate of drug-likeness (QED) is 0.625. The van der Waals surface area contributed by atoms with Crippen molar-refractivity contribution >= 4 is 57.6 Å². The van der Waals surface area contributed by atoms with Crippen LogP contribution in [0.2, 0.25) is 0 Å². The number of nitrogens with zero attached hydrogens (tertiary/aromatic N) is 2. The molecule has 0 amide bonds. The first kappa shape index (κ1) is 21.7. The second-order valence-corrected chi connectivity index (χ2v) is 25.5. The second-order valence-electron chi connectivity index (χ2n) is 3.29. The highest BCUT2D eigenvalue weighted by molar-refractivity contribution is 8.98. The van der Waals surface area contributed by atoms with Crippen LogP contribution < -0.4 is 17.0 Å². The Labute approximate surface area is 124 Å². The number of rotatable bonds is 3. The molecular weight excluding hydrogens is 397 g/mol. The maximum absolute atomic E-state index is 2.89. The molecule has 1 rings (SSSR count). The van der Waals surface area contributed by atoms with Gasteiger partial charge in [-0.2, -0.15) is 0 Å². The number of hydrogen-bond donors (Lipinski definition) is 0. The molecule has 1 aliphatic rings. The van der Waals surface area contributed by atoms with E-state index in [4.69, 9.17) is 0 Å². The first-order chi connectivity index (χ1) is 7.01. The fourth-order valence-electron chi connectivity index (χ4n) is 1.12. The van der Waals surface area contributed by atoms with Crippen molar-refractivity contribution in [1.82, 2.24) is 9.80 Å². The third kappa shape index (κ3) is 11.3. The highest BCUT2D eigenvalue weighted by Crippen LogP contribution is 2.92. The van der Waals surface area contributed by atoms with Crippen LogP contribution in [0.5, 0.6) is 0 Å². The van der Waals surface area contributed by atoms with Crippen molar-refractivity contribution in [2.75, 3.05) is 33.4 Å². The molecule has 100 valence electrons. The van der Waals surface area contributed by atoms with Crippen LogP contribution in [0.1, 0.15) is 6.92 Å². The Morgan fingerprint density at radius 3 is 1.94 bits per heavy atom. The van der Waals surface area contributed by atoms with Gasteiger partial charge in [0.05, 0.1) is 6.67 Å². The van der Waals surface area contributed by atoms with Gasteiger partial charge in [0.15, 0.2) is 0 Å². The van der Waals surface area contributed by atoms with E-state index < -0.39 is 0 Å². The number of halogens is 1. The minimum absolute atomic E-state index is 0. The van der Waals surface area contributed by atoms with Gasteiger partial charge >= 0.3 is 0 Å².